The molecule has 0 aromatic rings. The van der Waals surface area contributed by atoms with E-state index in [1.165, 1.54) is 0 Å². The average Bonchev–Trinajstić information content (AvgIpc) is 2.76. The van der Waals surface area contributed by atoms with Crippen LogP contribution < -0.4 is 10.6 Å². The molecule has 2 heterocycles. The van der Waals surface area contributed by atoms with Gasteiger partial charge in [-0.2, -0.15) is 0 Å². The Morgan fingerprint density at radius 2 is 1.81 bits per heavy atom. The first-order chi connectivity index (χ1) is 15.2. The van der Waals surface area contributed by atoms with Crippen molar-refractivity contribution in [2.45, 2.75) is 77.0 Å². The Balaban J connectivity index is 1.71. The number of nitrogens with one attached hydrogen (secondary N) is 2. The maximum atomic E-state index is 12.6. The monoisotopic (exact) mass is 457 g/mol. The molecule has 32 heavy (non-hydrogen) atoms. The Morgan fingerprint density at radius 3 is 2.53 bits per heavy atom. The molecule has 4 N–H and O–H groups in total. The molecule has 184 valence electrons. The Labute approximate surface area is 190 Å². The number of carbonyl (C=O) groups is 3. The molecule has 3 amide bonds. The molecular formula is C22H39N3O7. The van der Waals surface area contributed by atoms with Crippen molar-refractivity contribution in [2.24, 2.45) is 11.8 Å². The Morgan fingerprint density at radius 1 is 1.09 bits per heavy atom. The lowest BCUT2D eigenvalue weighted by molar-refractivity contribution is -0.262. The molecule has 0 spiro atoms. The number of ether oxygens (including phenoxy) is 2. The van der Waals surface area contributed by atoms with Crippen LogP contribution in [-0.4, -0.2) is 90.7 Å². The number of likely N-dealkylation sites (tertiary alicyclic amines) is 1. The number of aliphatic hydroxyl groups excluding tert-OH is 2. The fraction of sp³-hybridized carbons (Fsp3) is 0.864. The van der Waals surface area contributed by atoms with E-state index in [2.05, 4.69) is 10.6 Å². The van der Waals surface area contributed by atoms with Gasteiger partial charge in [0.25, 0.3) is 0 Å². The number of amides is 3. The number of piperidine rings is 1. The molecular weight excluding hydrogens is 418 g/mol. The Kier molecular flexibility index (Phi) is 10.8. The van der Waals surface area contributed by atoms with Crippen LogP contribution in [0.3, 0.4) is 0 Å². The lowest BCUT2D eigenvalue weighted by Crippen LogP contribution is -2.50. The quantitative estimate of drug-likeness (QED) is 0.333. The van der Waals surface area contributed by atoms with Gasteiger partial charge in [0.2, 0.25) is 17.7 Å². The van der Waals surface area contributed by atoms with Crippen molar-refractivity contribution < 1.29 is 34.1 Å². The molecule has 0 aromatic carbocycles. The van der Waals surface area contributed by atoms with E-state index in [0.717, 1.165) is 0 Å². The van der Waals surface area contributed by atoms with Crippen molar-refractivity contribution in [2.75, 3.05) is 33.3 Å². The summed E-state index contributed by atoms with van der Waals surface area (Å²) in [6.07, 6.45) is 0.00465. The summed E-state index contributed by atoms with van der Waals surface area (Å²) in [5, 5.41) is 25.2. The van der Waals surface area contributed by atoms with E-state index in [0.29, 0.717) is 51.6 Å². The molecule has 2 aliphatic rings. The van der Waals surface area contributed by atoms with Gasteiger partial charge >= 0.3 is 0 Å². The van der Waals surface area contributed by atoms with Crippen LogP contribution >= 0.6 is 0 Å². The minimum absolute atomic E-state index is 0.0192. The van der Waals surface area contributed by atoms with Gasteiger partial charge in [-0.15, -0.1) is 0 Å². The van der Waals surface area contributed by atoms with E-state index in [4.69, 9.17) is 9.47 Å². The van der Waals surface area contributed by atoms with E-state index in [-0.39, 0.29) is 48.8 Å². The average molecular weight is 458 g/mol. The molecule has 0 saturated carbocycles. The first-order valence-corrected chi connectivity index (χ1v) is 11.6. The van der Waals surface area contributed by atoms with Gasteiger partial charge in [-0.3, -0.25) is 14.4 Å². The van der Waals surface area contributed by atoms with Gasteiger partial charge in [-0.1, -0.05) is 6.92 Å². The summed E-state index contributed by atoms with van der Waals surface area (Å²) >= 11 is 0. The zero-order chi connectivity index (χ0) is 23.7. The number of unbranched alkanes of at least 4 members (excludes halogenated alkanes) is 1. The van der Waals surface area contributed by atoms with Crippen molar-refractivity contribution >= 4 is 17.7 Å². The fourth-order valence-corrected chi connectivity index (χ4v) is 4.25. The molecule has 2 rings (SSSR count). The third-order valence-electron chi connectivity index (χ3n) is 6.00. The second-order valence-corrected chi connectivity index (χ2v) is 8.99. The van der Waals surface area contributed by atoms with Gasteiger partial charge in [-0.25, -0.2) is 0 Å². The van der Waals surface area contributed by atoms with Gasteiger partial charge in [0, 0.05) is 45.9 Å². The largest absolute Gasteiger partial charge is 0.390 e. The molecule has 2 fully saturated rings. The first-order valence-electron chi connectivity index (χ1n) is 11.6. The SMILES string of the molecule is CNC(=O)CCCCC(=O)N1C[C@H](C)C[C@H](C(=O)NCCO[C@@H]2O[C@@H](C)C[C@@H](O)[C@@H]2O)C1. The van der Waals surface area contributed by atoms with Crippen LogP contribution in [0.25, 0.3) is 0 Å². The highest BCUT2D eigenvalue weighted by atomic mass is 16.7. The van der Waals surface area contributed by atoms with E-state index in [1.807, 2.05) is 6.92 Å². The normalized spacial score (nSPS) is 30.6. The standard InChI is InChI=1S/C22H39N3O7/c1-14-10-16(13-25(12-14)19(28)7-5-4-6-18(27)23-3)21(30)24-8-9-31-22-20(29)17(26)11-15(2)32-22/h14-17,20,22,26,29H,4-13H2,1-3H3,(H,23,27)(H,24,30)/t14-,15+,16+,17-,20+,22-/m1/s1. The van der Waals surface area contributed by atoms with Crippen LogP contribution in [-0.2, 0) is 23.9 Å². The third kappa shape index (κ3) is 8.31. The highest BCUT2D eigenvalue weighted by Gasteiger charge is 2.36. The highest BCUT2D eigenvalue weighted by Crippen LogP contribution is 2.23. The minimum atomic E-state index is -1.11. The molecule has 2 saturated heterocycles. The number of aliphatic hydroxyl groups is 2. The lowest BCUT2D eigenvalue weighted by atomic mass is 9.89. The zero-order valence-corrected chi connectivity index (χ0v) is 19.4. The van der Waals surface area contributed by atoms with Crippen molar-refractivity contribution in [3.63, 3.8) is 0 Å². The topological polar surface area (TPSA) is 137 Å². The zero-order valence-electron chi connectivity index (χ0n) is 19.4. The highest BCUT2D eigenvalue weighted by molar-refractivity contribution is 5.81. The molecule has 0 aromatic heterocycles. The minimum Gasteiger partial charge on any atom is -0.390 e. The van der Waals surface area contributed by atoms with Crippen LogP contribution in [0.4, 0.5) is 0 Å². The van der Waals surface area contributed by atoms with Crippen LogP contribution in [0.15, 0.2) is 0 Å². The van der Waals surface area contributed by atoms with Gasteiger partial charge < -0.3 is 35.2 Å². The van der Waals surface area contributed by atoms with E-state index in [9.17, 15) is 24.6 Å². The van der Waals surface area contributed by atoms with Gasteiger partial charge in [0.05, 0.1) is 24.7 Å². The number of carbonyl (C=O) groups excluding carboxylic acids is 3. The summed E-state index contributed by atoms with van der Waals surface area (Å²) in [5.41, 5.74) is 0. The summed E-state index contributed by atoms with van der Waals surface area (Å²) in [7, 11) is 1.60. The maximum Gasteiger partial charge on any atom is 0.224 e. The van der Waals surface area contributed by atoms with Gasteiger partial charge in [0.15, 0.2) is 6.29 Å². The smallest absolute Gasteiger partial charge is 0.224 e. The van der Waals surface area contributed by atoms with Crippen LogP contribution in [0.2, 0.25) is 0 Å². The van der Waals surface area contributed by atoms with Gasteiger partial charge in [0.1, 0.15) is 6.10 Å². The van der Waals surface area contributed by atoms with Gasteiger partial charge in [-0.05, 0) is 32.1 Å². The molecule has 2 aliphatic heterocycles. The summed E-state index contributed by atoms with van der Waals surface area (Å²) in [4.78, 5) is 38.2. The molecule has 10 heteroatoms. The van der Waals surface area contributed by atoms with Crippen LogP contribution in [0.1, 0.15) is 52.4 Å². The Hall–Kier alpha value is -1.75. The lowest BCUT2D eigenvalue weighted by Gasteiger charge is -2.36. The molecule has 10 nitrogen and oxygen atoms in total. The summed E-state index contributed by atoms with van der Waals surface area (Å²) in [6, 6.07) is 0. The van der Waals surface area contributed by atoms with Crippen molar-refractivity contribution in [1.82, 2.24) is 15.5 Å². The number of hydrogen-bond donors (Lipinski definition) is 4. The molecule has 6 atom stereocenters. The van der Waals surface area contributed by atoms with Crippen molar-refractivity contribution in [3.8, 4) is 0 Å². The van der Waals surface area contributed by atoms with E-state index >= 15 is 0 Å². The molecule has 0 bridgehead atoms. The number of nitrogens with zero attached hydrogens (tertiary/aromatic N) is 1. The predicted octanol–water partition coefficient (Wildman–Crippen LogP) is -0.233. The van der Waals surface area contributed by atoms with Crippen LogP contribution in [0.5, 0.6) is 0 Å². The van der Waals surface area contributed by atoms with Crippen molar-refractivity contribution in [3.05, 3.63) is 0 Å². The molecule has 0 radical (unpaired) electrons. The van der Waals surface area contributed by atoms with Crippen LogP contribution in [0, 0.1) is 11.8 Å². The predicted molar refractivity (Wildman–Crippen MR) is 116 cm³/mol. The molecule has 0 unspecified atom stereocenters. The number of rotatable bonds is 10. The summed E-state index contributed by atoms with van der Waals surface area (Å²) in [5.74, 6) is -0.201. The fourth-order valence-electron chi connectivity index (χ4n) is 4.25. The van der Waals surface area contributed by atoms with E-state index in [1.54, 1.807) is 18.9 Å². The van der Waals surface area contributed by atoms with E-state index < -0.39 is 18.5 Å². The molecule has 0 aliphatic carbocycles. The third-order valence-corrected chi connectivity index (χ3v) is 6.00. The second-order valence-electron chi connectivity index (χ2n) is 8.99. The number of hydrogen-bond acceptors (Lipinski definition) is 7. The maximum absolute atomic E-state index is 12.6. The first kappa shape index (κ1) is 26.5. The summed E-state index contributed by atoms with van der Waals surface area (Å²) in [6.45, 7) is 5.24. The van der Waals surface area contributed by atoms with Crippen molar-refractivity contribution in [1.29, 1.82) is 0 Å². The Bertz CT molecular complexity index is 633. The summed E-state index contributed by atoms with van der Waals surface area (Å²) < 4.78 is 11.0. The second kappa shape index (κ2) is 13.1.